The molecule has 9 nitrogen and oxygen atoms in total. The molecule has 176 valence electrons. The van der Waals surface area contributed by atoms with Gasteiger partial charge in [-0.2, -0.15) is 0 Å². The molecule has 2 aromatic heterocycles. The first-order valence-electron chi connectivity index (χ1n) is 11.2. The number of pyridine rings is 2. The number of anilines is 2. The van der Waals surface area contributed by atoms with Crippen LogP contribution >= 0.6 is 11.8 Å². The maximum Gasteiger partial charge on any atom is 0.241 e. The van der Waals surface area contributed by atoms with Crippen LogP contribution in [0.4, 0.5) is 11.4 Å². The van der Waals surface area contributed by atoms with Gasteiger partial charge in [-0.25, -0.2) is 4.98 Å². The third kappa shape index (κ3) is 4.98. The van der Waals surface area contributed by atoms with Gasteiger partial charge in [0.2, 0.25) is 17.7 Å². The maximum absolute atomic E-state index is 12.9. The number of nitrogens with one attached hydrogen (secondary N) is 4. The zero-order valence-corrected chi connectivity index (χ0v) is 19.6. The minimum atomic E-state index is -0.275. The van der Waals surface area contributed by atoms with Crippen molar-refractivity contribution in [2.24, 2.45) is 0 Å². The lowest BCUT2D eigenvalue weighted by Gasteiger charge is -2.30. The summed E-state index contributed by atoms with van der Waals surface area (Å²) >= 11 is 1.56. The van der Waals surface area contributed by atoms with E-state index in [1.165, 1.54) is 0 Å². The maximum atomic E-state index is 12.9. The van der Waals surface area contributed by atoms with Crippen LogP contribution in [0.5, 0.6) is 5.88 Å². The smallest absolute Gasteiger partial charge is 0.241 e. The van der Waals surface area contributed by atoms with E-state index in [1.54, 1.807) is 37.2 Å². The van der Waals surface area contributed by atoms with Gasteiger partial charge in [0.25, 0.3) is 0 Å². The summed E-state index contributed by atoms with van der Waals surface area (Å²) in [4.78, 5) is 34.4. The Morgan fingerprint density at radius 1 is 1.24 bits per heavy atom. The molecule has 0 bridgehead atoms. The number of thioether (sulfide) groups is 1. The fraction of sp³-hybridized carbons (Fsp3) is 0.333. The Morgan fingerprint density at radius 3 is 2.97 bits per heavy atom. The van der Waals surface area contributed by atoms with Gasteiger partial charge in [0.1, 0.15) is 5.52 Å². The summed E-state index contributed by atoms with van der Waals surface area (Å²) in [5, 5.41) is 12.8. The molecule has 2 atom stereocenters. The van der Waals surface area contributed by atoms with Crippen molar-refractivity contribution in [2.75, 3.05) is 30.0 Å². The Morgan fingerprint density at radius 2 is 2.15 bits per heavy atom. The van der Waals surface area contributed by atoms with Gasteiger partial charge in [-0.3, -0.25) is 14.6 Å². The van der Waals surface area contributed by atoms with Crippen LogP contribution in [0.15, 0.2) is 47.5 Å². The predicted molar refractivity (Wildman–Crippen MR) is 132 cm³/mol. The lowest BCUT2D eigenvalue weighted by atomic mass is 9.99. The SMILES string of the molecule is COc1ccc2nccc(NC(=O)[C@@H]3CC[C@@H](NCc4ccc5c(c4)NC(=O)CS5)CN3)c2n1. The third-order valence-electron chi connectivity index (χ3n) is 6.03. The van der Waals surface area contributed by atoms with E-state index < -0.39 is 0 Å². The highest BCUT2D eigenvalue weighted by Gasteiger charge is 2.26. The van der Waals surface area contributed by atoms with Crippen molar-refractivity contribution in [3.63, 3.8) is 0 Å². The summed E-state index contributed by atoms with van der Waals surface area (Å²) in [5.74, 6) is 0.896. The summed E-state index contributed by atoms with van der Waals surface area (Å²) in [6.07, 6.45) is 3.26. The molecule has 1 aromatic carbocycles. The van der Waals surface area contributed by atoms with Crippen LogP contribution in [0.1, 0.15) is 18.4 Å². The number of rotatable bonds is 6. The number of piperidine rings is 1. The van der Waals surface area contributed by atoms with Crippen molar-refractivity contribution in [3.8, 4) is 5.88 Å². The molecule has 4 N–H and O–H groups in total. The van der Waals surface area contributed by atoms with Gasteiger partial charge >= 0.3 is 0 Å². The first-order valence-corrected chi connectivity index (χ1v) is 12.2. The second-order valence-electron chi connectivity index (χ2n) is 8.35. The minimum Gasteiger partial charge on any atom is -0.481 e. The van der Waals surface area contributed by atoms with E-state index >= 15 is 0 Å². The average molecular weight is 479 g/mol. The second kappa shape index (κ2) is 9.96. The van der Waals surface area contributed by atoms with Crippen molar-refractivity contribution < 1.29 is 14.3 Å². The van der Waals surface area contributed by atoms with E-state index in [0.717, 1.165) is 29.0 Å². The topological polar surface area (TPSA) is 117 Å². The lowest BCUT2D eigenvalue weighted by Crippen LogP contribution is -2.52. The van der Waals surface area contributed by atoms with E-state index in [1.807, 2.05) is 12.1 Å². The summed E-state index contributed by atoms with van der Waals surface area (Å²) in [6, 6.07) is 11.5. The van der Waals surface area contributed by atoms with E-state index in [-0.39, 0.29) is 23.9 Å². The molecule has 0 saturated carbocycles. The third-order valence-corrected chi connectivity index (χ3v) is 7.10. The number of methoxy groups -OCH3 is 1. The molecule has 2 aliphatic rings. The van der Waals surface area contributed by atoms with Crippen LogP contribution in [0.3, 0.4) is 0 Å². The summed E-state index contributed by atoms with van der Waals surface area (Å²) in [7, 11) is 1.56. The van der Waals surface area contributed by atoms with E-state index in [9.17, 15) is 9.59 Å². The van der Waals surface area contributed by atoms with Gasteiger partial charge in [-0.05, 0) is 42.7 Å². The molecule has 4 heterocycles. The summed E-state index contributed by atoms with van der Waals surface area (Å²) in [6.45, 7) is 1.40. The van der Waals surface area contributed by atoms with E-state index in [0.29, 0.717) is 41.4 Å². The zero-order chi connectivity index (χ0) is 23.5. The van der Waals surface area contributed by atoms with E-state index in [2.05, 4.69) is 43.4 Å². The quantitative estimate of drug-likeness (QED) is 0.427. The van der Waals surface area contributed by atoms with Crippen molar-refractivity contribution in [1.82, 2.24) is 20.6 Å². The number of fused-ring (bicyclic) bond motifs is 2. The van der Waals surface area contributed by atoms with Gasteiger partial charge in [-0.1, -0.05) is 6.07 Å². The fourth-order valence-electron chi connectivity index (χ4n) is 4.20. The number of ether oxygens (including phenoxy) is 1. The Labute approximate surface area is 201 Å². The number of nitrogens with zero attached hydrogens (tertiary/aromatic N) is 2. The summed E-state index contributed by atoms with van der Waals surface area (Å²) < 4.78 is 5.21. The minimum absolute atomic E-state index is 0.0399. The number of benzene rings is 1. The monoisotopic (exact) mass is 478 g/mol. The van der Waals surface area contributed by atoms with Gasteiger partial charge < -0.3 is 26.0 Å². The first-order chi connectivity index (χ1) is 16.6. The predicted octanol–water partition coefficient (Wildman–Crippen LogP) is 2.53. The largest absolute Gasteiger partial charge is 0.481 e. The van der Waals surface area contributed by atoms with Gasteiger partial charge in [-0.15, -0.1) is 11.8 Å². The van der Waals surface area contributed by atoms with Crippen LogP contribution in [-0.2, 0) is 16.1 Å². The Hall–Kier alpha value is -3.21. The van der Waals surface area contributed by atoms with Crippen LogP contribution < -0.4 is 26.0 Å². The normalized spacial score (nSPS) is 19.9. The fourth-order valence-corrected chi connectivity index (χ4v) is 4.99. The number of amides is 2. The van der Waals surface area contributed by atoms with Gasteiger partial charge in [0, 0.05) is 36.3 Å². The molecule has 1 fully saturated rings. The number of carbonyl (C=O) groups excluding carboxylic acids is 2. The Kier molecular flexibility index (Phi) is 6.61. The number of hydrogen-bond acceptors (Lipinski definition) is 8. The van der Waals surface area contributed by atoms with Crippen LogP contribution in [0.25, 0.3) is 11.0 Å². The number of carbonyl (C=O) groups is 2. The standard InChI is InChI=1S/C24H26N6O3S/c1-33-22-7-5-16-23(30-22)17(8-9-25-16)29-24(32)18-4-3-15(12-27-18)26-11-14-2-6-20-19(10-14)28-21(31)13-34-20/h2,5-10,15,18,26-27H,3-4,11-13H2,1H3,(H,28,31)(H,25,29,32)/t15-,18+/m1/s1. The molecule has 2 aliphatic heterocycles. The molecule has 34 heavy (non-hydrogen) atoms. The van der Waals surface area contributed by atoms with Crippen molar-refractivity contribution >= 4 is 46.0 Å². The average Bonchev–Trinajstić information content (AvgIpc) is 2.87. The van der Waals surface area contributed by atoms with Crippen LogP contribution in [0, 0.1) is 0 Å². The molecule has 0 spiro atoms. The zero-order valence-electron chi connectivity index (χ0n) is 18.8. The molecule has 2 amide bonds. The molecule has 0 unspecified atom stereocenters. The van der Waals surface area contributed by atoms with Crippen LogP contribution in [0.2, 0.25) is 0 Å². The highest BCUT2D eigenvalue weighted by atomic mass is 32.2. The van der Waals surface area contributed by atoms with Crippen molar-refractivity contribution in [2.45, 2.75) is 36.4 Å². The number of aromatic nitrogens is 2. The Bertz CT molecular complexity index is 1230. The molecular formula is C24H26N6O3S. The first kappa shape index (κ1) is 22.6. The molecule has 0 aliphatic carbocycles. The van der Waals surface area contributed by atoms with E-state index in [4.69, 9.17) is 4.74 Å². The molecule has 5 rings (SSSR count). The second-order valence-corrected chi connectivity index (χ2v) is 9.37. The van der Waals surface area contributed by atoms with Crippen molar-refractivity contribution in [1.29, 1.82) is 0 Å². The molecule has 0 radical (unpaired) electrons. The van der Waals surface area contributed by atoms with Gasteiger partial charge in [0.15, 0.2) is 0 Å². The Balaban J connectivity index is 1.14. The number of hydrogen-bond donors (Lipinski definition) is 4. The molecule has 10 heteroatoms. The van der Waals surface area contributed by atoms with Crippen molar-refractivity contribution in [3.05, 3.63) is 48.2 Å². The highest BCUT2D eigenvalue weighted by Crippen LogP contribution is 2.32. The molecule has 3 aromatic rings. The summed E-state index contributed by atoms with van der Waals surface area (Å²) in [5.41, 5.74) is 3.92. The molecular weight excluding hydrogens is 452 g/mol. The highest BCUT2D eigenvalue weighted by molar-refractivity contribution is 8.00. The molecule has 1 saturated heterocycles. The lowest BCUT2D eigenvalue weighted by molar-refractivity contribution is -0.118. The van der Waals surface area contributed by atoms with Crippen LogP contribution in [-0.4, -0.2) is 53.3 Å². The van der Waals surface area contributed by atoms with Gasteiger partial charge in [0.05, 0.1) is 35.8 Å².